The number of amidine groups is 2. The predicted molar refractivity (Wildman–Crippen MR) is 158 cm³/mol. The number of hydrogen-bond acceptors (Lipinski definition) is 6. The van der Waals surface area contributed by atoms with E-state index in [1.165, 1.54) is 15.9 Å². The van der Waals surface area contributed by atoms with Gasteiger partial charge in [-0.25, -0.2) is 0 Å². The molecule has 0 spiro atoms. The fourth-order valence-corrected chi connectivity index (χ4v) is 7.56. The van der Waals surface area contributed by atoms with Crippen LogP contribution >= 0.6 is 7.26 Å². The van der Waals surface area contributed by atoms with Gasteiger partial charge < -0.3 is 52.9 Å². The Hall–Kier alpha value is -2.19. The van der Waals surface area contributed by atoms with E-state index in [1.54, 1.807) is 20.9 Å². The maximum atomic E-state index is 5.54. The van der Waals surface area contributed by atoms with E-state index in [4.69, 9.17) is 25.3 Å². The molecule has 3 rings (SSSR count). The number of rotatable bonds is 8. The van der Waals surface area contributed by atoms with Gasteiger partial charge in [0.15, 0.2) is 0 Å². The van der Waals surface area contributed by atoms with Crippen molar-refractivity contribution < 1.29 is 34.1 Å². The van der Waals surface area contributed by atoms with Gasteiger partial charge in [-0.15, -0.1) is 0 Å². The van der Waals surface area contributed by atoms with Crippen LogP contribution in [0, 0.1) is 0 Å². The van der Waals surface area contributed by atoms with Crippen LogP contribution in [0.3, 0.4) is 0 Å². The monoisotopic (exact) mass is 661 g/mol. The minimum absolute atomic E-state index is 0. The third kappa shape index (κ3) is 8.95. The van der Waals surface area contributed by atoms with E-state index in [2.05, 4.69) is 104 Å². The van der Waals surface area contributed by atoms with E-state index < -0.39 is 7.26 Å². The molecule has 0 aliphatic heterocycles. The first-order valence-electron chi connectivity index (χ1n) is 11.0. The third-order valence-electron chi connectivity index (χ3n) is 5.38. The van der Waals surface area contributed by atoms with Gasteiger partial charge in [0.1, 0.15) is 29.5 Å². The molecule has 0 aromatic heterocycles. The Labute approximate surface area is 252 Å². The SMILES string of the molecule is CNC([S-])=NN=C(C)C(C)=NN=C([S-])NC[P+](c1ccccc1)(c1ccccc1)c1ccccc1.[Br-].[Cu+2]. The molecule has 6 nitrogen and oxygen atoms in total. The molecule has 197 valence electrons. The van der Waals surface area contributed by atoms with Gasteiger partial charge in [-0.2, -0.15) is 20.4 Å². The van der Waals surface area contributed by atoms with Crippen LogP contribution in [0.15, 0.2) is 111 Å². The quantitative estimate of drug-likeness (QED) is 0.0910. The Morgan fingerprint density at radius 2 is 1.00 bits per heavy atom. The summed E-state index contributed by atoms with van der Waals surface area (Å²) in [4.78, 5) is 0. The molecule has 0 saturated heterocycles. The number of nitrogens with one attached hydrogen (secondary N) is 2. The zero-order chi connectivity index (χ0) is 25.1. The summed E-state index contributed by atoms with van der Waals surface area (Å²) in [6.07, 6.45) is 0.612. The number of benzene rings is 3. The predicted octanol–water partition coefficient (Wildman–Crippen LogP) is 0.306. The average Bonchev–Trinajstić information content (AvgIpc) is 2.92. The Balaban J connectivity index is 0.00000342. The minimum Gasteiger partial charge on any atom is -1.00 e. The zero-order valence-corrected chi connectivity index (χ0v) is 25.7. The van der Waals surface area contributed by atoms with Gasteiger partial charge in [0.25, 0.3) is 0 Å². The largest absolute Gasteiger partial charge is 2.00 e. The van der Waals surface area contributed by atoms with E-state index in [0.717, 1.165) is 0 Å². The van der Waals surface area contributed by atoms with Crippen molar-refractivity contribution in [3.8, 4) is 0 Å². The summed E-state index contributed by atoms with van der Waals surface area (Å²) < 4.78 is 0. The second kappa shape index (κ2) is 16.6. The summed E-state index contributed by atoms with van der Waals surface area (Å²) in [7, 11) is -0.371. The van der Waals surface area contributed by atoms with Crippen molar-refractivity contribution in [2.75, 3.05) is 13.3 Å². The molecule has 0 unspecified atom stereocenters. The van der Waals surface area contributed by atoms with Gasteiger partial charge in [0.2, 0.25) is 0 Å². The van der Waals surface area contributed by atoms with Crippen molar-refractivity contribution in [3.63, 3.8) is 0 Å². The average molecular weight is 663 g/mol. The molecule has 0 heterocycles. The van der Waals surface area contributed by atoms with Crippen LogP contribution < -0.4 is 43.5 Å². The third-order valence-corrected chi connectivity index (χ3v) is 10.1. The topological polar surface area (TPSA) is 73.5 Å². The minimum atomic E-state index is -2.07. The summed E-state index contributed by atoms with van der Waals surface area (Å²) >= 11 is 10.5. The van der Waals surface area contributed by atoms with Crippen molar-refractivity contribution >= 4 is 70.2 Å². The van der Waals surface area contributed by atoms with Crippen LogP contribution in [0.1, 0.15) is 13.8 Å². The molecular formula is C26H28BrCuN6PS2. The van der Waals surface area contributed by atoms with Crippen LogP contribution in [0.25, 0.3) is 0 Å². The molecule has 37 heavy (non-hydrogen) atoms. The van der Waals surface area contributed by atoms with Crippen LogP contribution in [-0.4, -0.2) is 35.1 Å². The van der Waals surface area contributed by atoms with Crippen LogP contribution in [-0.2, 0) is 42.3 Å². The van der Waals surface area contributed by atoms with Gasteiger partial charge in [0, 0.05) is 12.2 Å². The molecule has 0 saturated carbocycles. The van der Waals surface area contributed by atoms with E-state index in [1.807, 2.05) is 18.2 Å². The molecule has 0 aliphatic rings. The van der Waals surface area contributed by atoms with Crippen molar-refractivity contribution in [2.45, 2.75) is 13.8 Å². The summed E-state index contributed by atoms with van der Waals surface area (Å²) in [6, 6.07) is 31.8. The van der Waals surface area contributed by atoms with E-state index in [0.29, 0.717) is 28.0 Å². The normalized spacial score (nSPS) is 12.7. The molecule has 11 heteroatoms. The smallest absolute Gasteiger partial charge is 1.00 e. The maximum absolute atomic E-state index is 5.54. The summed E-state index contributed by atoms with van der Waals surface area (Å²) in [5, 5.41) is 27.0. The van der Waals surface area contributed by atoms with Gasteiger partial charge in [-0.05, 0) is 55.4 Å². The number of halogens is 1. The number of hydrogen-bond donors (Lipinski definition) is 2. The molecule has 2 N–H and O–H groups in total. The molecule has 0 amide bonds. The van der Waals surface area contributed by atoms with Crippen molar-refractivity contribution in [1.82, 2.24) is 10.6 Å². The molecule has 3 aromatic rings. The second-order valence-corrected chi connectivity index (χ2v) is 11.8. The van der Waals surface area contributed by atoms with Crippen molar-refractivity contribution in [1.29, 1.82) is 0 Å². The summed E-state index contributed by atoms with van der Waals surface area (Å²) in [5.74, 6) is 0. The van der Waals surface area contributed by atoms with Crippen molar-refractivity contribution in [3.05, 3.63) is 91.0 Å². The molecular weight excluding hydrogens is 635 g/mol. The van der Waals surface area contributed by atoms with Crippen LogP contribution in [0.2, 0.25) is 0 Å². The first kappa shape index (κ1) is 32.8. The van der Waals surface area contributed by atoms with Gasteiger partial charge in [-0.3, -0.25) is 0 Å². The molecule has 1 radical (unpaired) electrons. The van der Waals surface area contributed by atoms with Gasteiger partial charge >= 0.3 is 17.1 Å². The fourth-order valence-electron chi connectivity index (χ4n) is 3.43. The van der Waals surface area contributed by atoms with Crippen LogP contribution in [0.4, 0.5) is 0 Å². The van der Waals surface area contributed by atoms with Gasteiger partial charge in [0.05, 0.1) is 11.4 Å². The molecule has 0 atom stereocenters. The van der Waals surface area contributed by atoms with E-state index >= 15 is 0 Å². The van der Waals surface area contributed by atoms with Gasteiger partial charge in [-0.1, -0.05) is 54.6 Å². The van der Waals surface area contributed by atoms with Crippen molar-refractivity contribution in [2.24, 2.45) is 20.4 Å². The second-order valence-electron chi connectivity index (χ2n) is 7.58. The Morgan fingerprint density at radius 1 is 0.649 bits per heavy atom. The van der Waals surface area contributed by atoms with Crippen LogP contribution in [0.5, 0.6) is 0 Å². The molecule has 0 bridgehead atoms. The number of nitrogens with zero attached hydrogens (tertiary/aromatic N) is 4. The maximum Gasteiger partial charge on any atom is 2.00 e. The summed E-state index contributed by atoms with van der Waals surface area (Å²) in [5.41, 5.74) is 1.21. The first-order valence-corrected chi connectivity index (χ1v) is 13.8. The Morgan fingerprint density at radius 3 is 1.35 bits per heavy atom. The Bertz CT molecular complexity index is 1130. The molecule has 3 aromatic carbocycles. The molecule has 0 fully saturated rings. The first-order chi connectivity index (χ1) is 17.0. The molecule has 0 aliphatic carbocycles. The van der Waals surface area contributed by atoms with E-state index in [-0.39, 0.29) is 34.1 Å². The standard InChI is InChI=1S/C26H29N6PS2.BrH.Cu/c1-20(29-31-25(34)27-3)21(2)30-32-26(35)28-19-33(22-13-7-4-8-14-22,23-15-9-5-10-16-23)24-17-11-6-12-18-24;;/h4-18H,19H2,1-3H3,(H3-,27,28,29,30,31,32,34,35);1H;/q;;+2/p-2. The fraction of sp³-hybridized carbons (Fsp3) is 0.154. The van der Waals surface area contributed by atoms with E-state index in [9.17, 15) is 0 Å². The Kier molecular flexibility index (Phi) is 14.7. The summed E-state index contributed by atoms with van der Waals surface area (Å²) in [6.45, 7) is 3.60. The zero-order valence-electron chi connectivity index (χ0n) is 20.6.